The molecule has 0 heterocycles. The summed E-state index contributed by atoms with van der Waals surface area (Å²) in [6, 6.07) is -0.863. The van der Waals surface area contributed by atoms with E-state index in [0.717, 1.165) is 83.5 Å². The molecule has 3 unspecified atom stereocenters. The summed E-state index contributed by atoms with van der Waals surface area (Å²) >= 11 is 0. The molecule has 0 radical (unpaired) electrons. The predicted molar refractivity (Wildman–Crippen MR) is 198 cm³/mol. The number of quaternary nitrogens is 1. The largest absolute Gasteiger partial charge is 0.472 e. The van der Waals surface area contributed by atoms with E-state index in [9.17, 15) is 19.4 Å². The first-order valence-corrected chi connectivity index (χ1v) is 19.3. The third-order valence-electron chi connectivity index (χ3n) is 7.18. The lowest BCUT2D eigenvalue weighted by molar-refractivity contribution is -0.870. The van der Waals surface area contributed by atoms with Gasteiger partial charge >= 0.3 is 7.82 Å². The summed E-state index contributed by atoms with van der Waals surface area (Å²) in [6.07, 6.45) is 38.5. The van der Waals surface area contributed by atoms with Crippen molar-refractivity contribution >= 4 is 13.7 Å². The molecule has 0 saturated heterocycles. The van der Waals surface area contributed by atoms with Crippen molar-refractivity contribution in [1.82, 2.24) is 5.32 Å². The number of aliphatic hydroxyl groups is 1. The van der Waals surface area contributed by atoms with Crippen LogP contribution in [-0.2, 0) is 18.4 Å². The van der Waals surface area contributed by atoms with Gasteiger partial charge in [-0.15, -0.1) is 0 Å². The van der Waals surface area contributed by atoms with Gasteiger partial charge in [-0.2, -0.15) is 0 Å². The lowest BCUT2D eigenvalue weighted by atomic mass is 10.1. The molecule has 1 amide bonds. The normalized spacial score (nSPS) is 15.6. The molecule has 0 aliphatic rings. The Morgan fingerprint density at radius 3 is 1.83 bits per heavy atom. The van der Waals surface area contributed by atoms with Crippen LogP contribution in [0, 0.1) is 0 Å². The topological polar surface area (TPSA) is 105 Å². The van der Waals surface area contributed by atoms with Crippen LogP contribution < -0.4 is 5.32 Å². The summed E-state index contributed by atoms with van der Waals surface area (Å²) in [4.78, 5) is 22.8. The summed E-state index contributed by atoms with van der Waals surface area (Å²) in [5, 5.41) is 13.6. The molecule has 270 valence electrons. The number of nitrogens with one attached hydrogen (secondary N) is 1. The van der Waals surface area contributed by atoms with Gasteiger partial charge in [0.15, 0.2) is 0 Å². The van der Waals surface area contributed by atoms with Crippen molar-refractivity contribution in [3.05, 3.63) is 72.9 Å². The molecule has 0 aliphatic carbocycles. The minimum atomic E-state index is -4.33. The maximum absolute atomic E-state index is 12.7. The number of likely N-dealkylation sites (N-methyl/N-ethyl adjacent to an activating group) is 1. The van der Waals surface area contributed by atoms with Gasteiger partial charge in [0.1, 0.15) is 13.2 Å². The highest BCUT2D eigenvalue weighted by atomic mass is 31.2. The number of unbranched alkanes of at least 4 members (excludes halogenated alkanes) is 7. The maximum atomic E-state index is 12.7. The van der Waals surface area contributed by atoms with Crippen molar-refractivity contribution in [3.8, 4) is 0 Å². The van der Waals surface area contributed by atoms with Crippen molar-refractivity contribution in [1.29, 1.82) is 0 Å². The monoisotopic (exact) mass is 679 g/mol. The van der Waals surface area contributed by atoms with E-state index in [1.54, 1.807) is 6.08 Å². The smallest absolute Gasteiger partial charge is 0.387 e. The highest BCUT2D eigenvalue weighted by molar-refractivity contribution is 7.47. The number of allylic oxidation sites excluding steroid dienone is 11. The molecule has 3 atom stereocenters. The van der Waals surface area contributed by atoms with Gasteiger partial charge in [0.2, 0.25) is 5.91 Å². The molecular weight excluding hydrogens is 611 g/mol. The Morgan fingerprint density at radius 2 is 1.28 bits per heavy atom. The molecule has 0 fully saturated rings. The molecule has 0 spiro atoms. The minimum absolute atomic E-state index is 0.0497. The Morgan fingerprint density at radius 1 is 0.745 bits per heavy atom. The van der Waals surface area contributed by atoms with Gasteiger partial charge in [-0.1, -0.05) is 112 Å². The van der Waals surface area contributed by atoms with Crippen molar-refractivity contribution < 1.29 is 32.9 Å². The van der Waals surface area contributed by atoms with Crippen LogP contribution in [0.4, 0.5) is 0 Å². The molecule has 0 rings (SSSR count). The number of carbonyl (C=O) groups excluding carboxylic acids is 1. The number of rotatable bonds is 30. The highest BCUT2D eigenvalue weighted by Gasteiger charge is 2.27. The van der Waals surface area contributed by atoms with E-state index < -0.39 is 20.0 Å². The summed E-state index contributed by atoms with van der Waals surface area (Å²) in [6.45, 7) is 4.54. The molecule has 0 aromatic carbocycles. The van der Waals surface area contributed by atoms with Crippen molar-refractivity contribution in [2.75, 3.05) is 40.9 Å². The van der Waals surface area contributed by atoms with Crippen LogP contribution in [0.3, 0.4) is 0 Å². The van der Waals surface area contributed by atoms with Gasteiger partial charge in [-0.05, 0) is 64.2 Å². The summed E-state index contributed by atoms with van der Waals surface area (Å²) < 4.78 is 23.3. The van der Waals surface area contributed by atoms with E-state index in [1.165, 1.54) is 6.42 Å². The van der Waals surface area contributed by atoms with Crippen LogP contribution in [0.2, 0.25) is 0 Å². The summed E-state index contributed by atoms with van der Waals surface area (Å²) in [7, 11) is 1.53. The number of phosphoric acid groups is 1. The minimum Gasteiger partial charge on any atom is -0.387 e. The van der Waals surface area contributed by atoms with Gasteiger partial charge in [0.25, 0.3) is 0 Å². The molecule has 0 aliphatic heterocycles. The fourth-order valence-corrected chi connectivity index (χ4v) is 5.03. The Hall–Kier alpha value is -2.06. The summed E-state index contributed by atoms with van der Waals surface area (Å²) in [5.74, 6) is -0.220. The van der Waals surface area contributed by atoms with E-state index >= 15 is 0 Å². The second kappa shape index (κ2) is 30.0. The van der Waals surface area contributed by atoms with Crippen LogP contribution >= 0.6 is 7.82 Å². The second-order valence-corrected chi connectivity index (χ2v) is 14.3. The molecule has 8 nitrogen and oxygen atoms in total. The Kier molecular flexibility index (Phi) is 28.7. The fraction of sp³-hybridized carbons (Fsp3) is 0.658. The van der Waals surface area contributed by atoms with Crippen molar-refractivity contribution in [2.45, 2.75) is 122 Å². The number of nitrogens with zero attached hydrogens (tertiary/aromatic N) is 1. The zero-order valence-electron chi connectivity index (χ0n) is 30.2. The van der Waals surface area contributed by atoms with Gasteiger partial charge in [-0.25, -0.2) is 4.57 Å². The van der Waals surface area contributed by atoms with Crippen LogP contribution in [0.5, 0.6) is 0 Å². The zero-order valence-corrected chi connectivity index (χ0v) is 31.1. The van der Waals surface area contributed by atoms with Crippen molar-refractivity contribution in [2.24, 2.45) is 0 Å². The predicted octanol–water partition coefficient (Wildman–Crippen LogP) is 8.90. The molecule has 0 saturated carbocycles. The highest BCUT2D eigenvalue weighted by Crippen LogP contribution is 2.43. The number of amides is 1. The summed E-state index contributed by atoms with van der Waals surface area (Å²) in [5.41, 5.74) is 0. The first kappa shape index (κ1) is 44.9. The third-order valence-corrected chi connectivity index (χ3v) is 8.17. The lowest BCUT2D eigenvalue weighted by Crippen LogP contribution is -2.45. The van der Waals surface area contributed by atoms with Crippen LogP contribution in [0.25, 0.3) is 0 Å². The fourth-order valence-electron chi connectivity index (χ4n) is 4.30. The first-order valence-electron chi connectivity index (χ1n) is 17.8. The third kappa shape index (κ3) is 32.3. The average Bonchev–Trinajstić information content (AvgIpc) is 3.01. The Balaban J connectivity index is 4.46. The van der Waals surface area contributed by atoms with Gasteiger partial charge in [0.05, 0.1) is 39.9 Å². The van der Waals surface area contributed by atoms with Crippen LogP contribution in [0.15, 0.2) is 72.9 Å². The number of aliphatic hydroxyl groups excluding tert-OH is 1. The van der Waals surface area contributed by atoms with Gasteiger partial charge in [0, 0.05) is 6.42 Å². The average molecular weight is 680 g/mol. The van der Waals surface area contributed by atoms with E-state index in [1.807, 2.05) is 27.2 Å². The number of carbonyl (C=O) groups is 1. The first-order chi connectivity index (χ1) is 22.5. The molecule has 0 aromatic heterocycles. The molecule has 9 heteroatoms. The maximum Gasteiger partial charge on any atom is 0.472 e. The molecule has 0 aromatic rings. The number of hydrogen-bond donors (Lipinski definition) is 3. The van der Waals surface area contributed by atoms with Gasteiger partial charge < -0.3 is 19.8 Å². The standard InChI is InChI=1S/C38H67N2O6P/c1-6-8-10-12-14-15-16-17-18-19-20-21-22-23-24-25-26-28-30-32-38(42)39-36(37(41)31-29-27-13-11-9-7-2)35-46-47(43,44)45-34-33-40(3,4)5/h8,10,14-15,17-18,20-21,23-24,29,31,36-37,41H,6-7,9,11-13,16,19,22,25-28,30,32-35H2,1-5H3,(H-,39,42,43,44)/p+1/b10-8-,15-14-,18-17-,21-20-,24-23-,31-29+. The van der Waals surface area contributed by atoms with E-state index in [4.69, 9.17) is 9.05 Å². The molecule has 0 bridgehead atoms. The quantitative estimate of drug-likeness (QED) is 0.0303. The van der Waals surface area contributed by atoms with Gasteiger partial charge in [-0.3, -0.25) is 13.8 Å². The Bertz CT molecular complexity index is 997. The van der Waals surface area contributed by atoms with E-state index in [-0.39, 0.29) is 19.1 Å². The number of phosphoric ester groups is 1. The van der Waals surface area contributed by atoms with Crippen molar-refractivity contribution in [3.63, 3.8) is 0 Å². The molecule has 47 heavy (non-hydrogen) atoms. The lowest BCUT2D eigenvalue weighted by Gasteiger charge is -2.25. The Labute approximate surface area is 287 Å². The van der Waals surface area contributed by atoms with E-state index in [0.29, 0.717) is 17.4 Å². The van der Waals surface area contributed by atoms with Crippen LogP contribution in [0.1, 0.15) is 110 Å². The zero-order chi connectivity index (χ0) is 35.1. The number of hydrogen-bond acceptors (Lipinski definition) is 5. The second-order valence-electron chi connectivity index (χ2n) is 12.9. The van der Waals surface area contributed by atoms with E-state index in [2.05, 4.69) is 79.9 Å². The molecular formula is C38H68N2O6P+. The SMILES string of the molecule is CC/C=C\C/C=C\C/C=C\C/C=C\C/C=C\CCCCCC(=O)NC(COP(=O)(O)OCC[N+](C)(C)C)C(O)/C=C/CCCCCC. The van der Waals surface area contributed by atoms with Crippen LogP contribution in [-0.4, -0.2) is 73.4 Å². The molecule has 3 N–H and O–H groups in total.